The first-order valence-corrected chi connectivity index (χ1v) is 8.74. The van der Waals surface area contributed by atoms with Gasteiger partial charge >= 0.3 is 0 Å². The van der Waals surface area contributed by atoms with Crippen LogP contribution in [0, 0.1) is 5.92 Å². The van der Waals surface area contributed by atoms with Crippen molar-refractivity contribution >= 4 is 27.0 Å². The molecule has 1 saturated carbocycles. The summed E-state index contributed by atoms with van der Waals surface area (Å²) in [7, 11) is 0. The molecule has 1 fully saturated rings. The molecule has 6 nitrogen and oxygen atoms in total. The SMILES string of the molecule is CC(O)c1ccc(Oc2ccc3c(nnn3CC3CC3)c2Br)cn1. The fourth-order valence-electron chi connectivity index (χ4n) is 2.57. The average molecular weight is 389 g/mol. The fraction of sp³-hybridized carbons (Fsp3) is 0.353. The van der Waals surface area contributed by atoms with E-state index >= 15 is 0 Å². The van der Waals surface area contributed by atoms with E-state index in [9.17, 15) is 5.11 Å². The number of halogens is 1. The van der Waals surface area contributed by atoms with Gasteiger partial charge in [-0.15, -0.1) is 5.10 Å². The van der Waals surface area contributed by atoms with E-state index in [-0.39, 0.29) is 0 Å². The predicted octanol–water partition coefficient (Wildman–Crippen LogP) is 3.84. The molecule has 1 aliphatic carbocycles. The molecule has 1 aliphatic rings. The zero-order chi connectivity index (χ0) is 16.7. The number of benzene rings is 1. The van der Waals surface area contributed by atoms with Gasteiger partial charge in [-0.3, -0.25) is 4.98 Å². The van der Waals surface area contributed by atoms with Crippen LogP contribution in [0.4, 0.5) is 0 Å². The molecule has 2 aromatic heterocycles. The number of fused-ring (bicyclic) bond motifs is 1. The quantitative estimate of drug-likeness (QED) is 0.718. The molecule has 0 radical (unpaired) electrons. The van der Waals surface area contributed by atoms with Gasteiger partial charge in [0.05, 0.1) is 28.0 Å². The van der Waals surface area contributed by atoms with Crippen LogP contribution in [0.5, 0.6) is 11.5 Å². The lowest BCUT2D eigenvalue weighted by Crippen LogP contribution is -2.01. The molecule has 1 N–H and O–H groups in total. The van der Waals surface area contributed by atoms with Crippen LogP contribution in [0.3, 0.4) is 0 Å². The first-order valence-electron chi connectivity index (χ1n) is 7.95. The van der Waals surface area contributed by atoms with Gasteiger partial charge in [0.25, 0.3) is 0 Å². The number of rotatable bonds is 5. The summed E-state index contributed by atoms with van der Waals surface area (Å²) >= 11 is 3.57. The zero-order valence-electron chi connectivity index (χ0n) is 13.2. The molecule has 3 aromatic rings. The molecule has 1 aromatic carbocycles. The van der Waals surface area contributed by atoms with Crippen LogP contribution in [-0.4, -0.2) is 25.1 Å². The Balaban J connectivity index is 1.60. The Bertz CT molecular complexity index is 872. The van der Waals surface area contributed by atoms with E-state index in [4.69, 9.17) is 4.74 Å². The van der Waals surface area contributed by atoms with Crippen molar-refractivity contribution in [2.45, 2.75) is 32.4 Å². The second-order valence-corrected chi connectivity index (χ2v) is 6.95. The number of aliphatic hydroxyl groups excluding tert-OH is 1. The van der Waals surface area contributed by atoms with Crippen molar-refractivity contribution in [2.24, 2.45) is 5.92 Å². The van der Waals surface area contributed by atoms with Crippen molar-refractivity contribution in [2.75, 3.05) is 0 Å². The molecule has 1 unspecified atom stereocenters. The van der Waals surface area contributed by atoms with Crippen molar-refractivity contribution in [1.29, 1.82) is 0 Å². The topological polar surface area (TPSA) is 73.1 Å². The second-order valence-electron chi connectivity index (χ2n) is 6.16. The molecule has 7 heteroatoms. The lowest BCUT2D eigenvalue weighted by Gasteiger charge is -2.09. The maximum atomic E-state index is 9.51. The number of hydrogen-bond donors (Lipinski definition) is 1. The van der Waals surface area contributed by atoms with Crippen LogP contribution in [0.2, 0.25) is 0 Å². The van der Waals surface area contributed by atoms with E-state index in [1.54, 1.807) is 25.3 Å². The van der Waals surface area contributed by atoms with Gasteiger partial charge in [0.1, 0.15) is 17.0 Å². The summed E-state index contributed by atoms with van der Waals surface area (Å²) in [4.78, 5) is 4.19. The summed E-state index contributed by atoms with van der Waals surface area (Å²) < 4.78 is 8.62. The summed E-state index contributed by atoms with van der Waals surface area (Å²) in [5.74, 6) is 2.00. The normalized spacial score (nSPS) is 15.6. The van der Waals surface area contributed by atoms with Crippen LogP contribution in [0.15, 0.2) is 34.9 Å². The Morgan fingerprint density at radius 2 is 2.17 bits per heavy atom. The maximum absolute atomic E-state index is 9.51. The van der Waals surface area contributed by atoms with E-state index in [0.717, 1.165) is 28.0 Å². The van der Waals surface area contributed by atoms with Gasteiger partial charge in [-0.25, -0.2) is 4.68 Å². The van der Waals surface area contributed by atoms with Gasteiger partial charge in [0.2, 0.25) is 0 Å². The van der Waals surface area contributed by atoms with Gasteiger partial charge in [-0.05, 0) is 65.9 Å². The number of nitrogens with zero attached hydrogens (tertiary/aromatic N) is 4. The van der Waals surface area contributed by atoms with Gasteiger partial charge in [-0.2, -0.15) is 0 Å². The Hall–Kier alpha value is -1.99. The maximum Gasteiger partial charge on any atom is 0.145 e. The van der Waals surface area contributed by atoms with Crippen LogP contribution in [-0.2, 0) is 6.54 Å². The molecule has 0 aliphatic heterocycles. The lowest BCUT2D eigenvalue weighted by atomic mass is 10.2. The fourth-order valence-corrected chi connectivity index (χ4v) is 3.07. The molecular formula is C17H17BrN4O2. The third kappa shape index (κ3) is 3.01. The molecule has 4 rings (SSSR count). The van der Waals surface area contributed by atoms with Crippen LogP contribution < -0.4 is 4.74 Å². The number of aliphatic hydroxyl groups is 1. The second kappa shape index (κ2) is 6.14. The summed E-state index contributed by atoms with van der Waals surface area (Å²) in [6, 6.07) is 7.42. The van der Waals surface area contributed by atoms with Gasteiger partial charge < -0.3 is 9.84 Å². The highest BCUT2D eigenvalue weighted by Crippen LogP contribution is 2.36. The number of pyridine rings is 1. The molecular weight excluding hydrogens is 372 g/mol. The molecule has 0 bridgehead atoms. The lowest BCUT2D eigenvalue weighted by molar-refractivity contribution is 0.194. The van der Waals surface area contributed by atoms with E-state index in [1.807, 2.05) is 16.8 Å². The standard InChI is InChI=1S/C17H17BrN4O2/c1-10(23)13-5-4-12(8-19-13)24-15-7-6-14-17(16(15)18)20-21-22(14)9-11-2-3-11/h4-8,10-11,23H,2-3,9H2,1H3. The molecule has 0 amide bonds. The van der Waals surface area contributed by atoms with Crippen LogP contribution >= 0.6 is 15.9 Å². The summed E-state index contributed by atoms with van der Waals surface area (Å²) in [6.45, 7) is 2.60. The Labute approximate surface area is 147 Å². The molecule has 0 spiro atoms. The van der Waals surface area contributed by atoms with Crippen LogP contribution in [0.25, 0.3) is 11.0 Å². The third-order valence-corrected chi connectivity index (χ3v) is 4.90. The third-order valence-electron chi connectivity index (χ3n) is 4.13. The van der Waals surface area contributed by atoms with E-state index in [1.165, 1.54) is 12.8 Å². The van der Waals surface area contributed by atoms with Gasteiger partial charge in [0, 0.05) is 6.54 Å². The zero-order valence-corrected chi connectivity index (χ0v) is 14.8. The molecule has 24 heavy (non-hydrogen) atoms. The van der Waals surface area contributed by atoms with E-state index in [2.05, 4.69) is 31.2 Å². The van der Waals surface area contributed by atoms with Crippen molar-refractivity contribution in [3.8, 4) is 11.5 Å². The van der Waals surface area contributed by atoms with Crippen molar-refractivity contribution < 1.29 is 9.84 Å². The highest BCUT2D eigenvalue weighted by atomic mass is 79.9. The molecule has 2 heterocycles. The van der Waals surface area contributed by atoms with Crippen molar-refractivity contribution in [3.63, 3.8) is 0 Å². The summed E-state index contributed by atoms with van der Waals surface area (Å²) in [5, 5.41) is 18.0. The first kappa shape index (κ1) is 15.5. The average Bonchev–Trinajstić information content (AvgIpc) is 3.30. The predicted molar refractivity (Wildman–Crippen MR) is 92.9 cm³/mol. The Morgan fingerprint density at radius 1 is 1.33 bits per heavy atom. The largest absolute Gasteiger partial charge is 0.454 e. The van der Waals surface area contributed by atoms with Crippen molar-refractivity contribution in [3.05, 3.63) is 40.6 Å². The minimum Gasteiger partial charge on any atom is -0.454 e. The monoisotopic (exact) mass is 388 g/mol. The number of ether oxygens (including phenoxy) is 1. The molecule has 124 valence electrons. The Kier molecular flexibility index (Phi) is 3.97. The number of hydrogen-bond acceptors (Lipinski definition) is 5. The smallest absolute Gasteiger partial charge is 0.145 e. The van der Waals surface area contributed by atoms with Crippen LogP contribution in [0.1, 0.15) is 31.6 Å². The number of aromatic nitrogens is 4. The van der Waals surface area contributed by atoms with Crippen molar-refractivity contribution in [1.82, 2.24) is 20.0 Å². The summed E-state index contributed by atoms with van der Waals surface area (Å²) in [5.41, 5.74) is 2.41. The Morgan fingerprint density at radius 3 is 2.83 bits per heavy atom. The molecule has 0 saturated heterocycles. The molecule has 1 atom stereocenters. The van der Waals surface area contributed by atoms with E-state index < -0.39 is 6.10 Å². The summed E-state index contributed by atoms with van der Waals surface area (Å²) in [6.07, 6.45) is 3.56. The van der Waals surface area contributed by atoms with E-state index in [0.29, 0.717) is 17.2 Å². The minimum absolute atomic E-state index is 0.594. The highest BCUT2D eigenvalue weighted by Gasteiger charge is 2.23. The minimum atomic E-state index is -0.594. The van der Waals surface area contributed by atoms with Gasteiger partial charge in [0.15, 0.2) is 0 Å². The highest BCUT2D eigenvalue weighted by molar-refractivity contribution is 9.10. The van der Waals surface area contributed by atoms with Gasteiger partial charge in [-0.1, -0.05) is 5.21 Å². The first-order chi connectivity index (χ1) is 11.6.